The summed E-state index contributed by atoms with van der Waals surface area (Å²) in [6.07, 6.45) is 5.25. The van der Waals surface area contributed by atoms with Crippen molar-refractivity contribution in [3.05, 3.63) is 0 Å². The molecule has 3 unspecified atom stereocenters. The monoisotopic (exact) mass is 235 g/mol. The van der Waals surface area contributed by atoms with Crippen molar-refractivity contribution < 1.29 is 0 Å². The number of fused-ring (bicyclic) bond motifs is 1. The Balaban J connectivity index is 1.77. The third-order valence-corrected chi connectivity index (χ3v) is 4.54. The Kier molecular flexibility index (Phi) is 4.06. The van der Waals surface area contributed by atoms with Crippen LogP contribution in [0.2, 0.25) is 0 Å². The summed E-state index contributed by atoms with van der Waals surface area (Å²) >= 11 is 0. The largest absolute Gasteiger partial charge is 0.303 e. The van der Waals surface area contributed by atoms with Crippen LogP contribution in [0.5, 0.6) is 0 Å². The van der Waals surface area contributed by atoms with Crippen molar-refractivity contribution in [2.24, 2.45) is 11.8 Å². The van der Waals surface area contributed by atoms with Gasteiger partial charge in [0.2, 0.25) is 0 Å². The molecule has 0 amide bonds. The molecule has 1 saturated carbocycles. The normalized spacial score (nSPS) is 32.1. The Morgan fingerprint density at radius 3 is 2.53 bits per heavy atom. The van der Waals surface area contributed by atoms with Gasteiger partial charge in [0, 0.05) is 19.6 Å². The predicted molar refractivity (Wildman–Crippen MR) is 69.6 cm³/mol. The van der Waals surface area contributed by atoms with E-state index in [0.717, 1.165) is 31.3 Å². The van der Waals surface area contributed by atoms with Gasteiger partial charge in [0.05, 0.1) is 6.07 Å². The molecule has 1 aliphatic heterocycles. The first-order chi connectivity index (χ1) is 8.17. The van der Waals surface area contributed by atoms with Gasteiger partial charge < -0.3 is 4.90 Å². The maximum atomic E-state index is 9.22. The average Bonchev–Trinajstić information content (AvgIpc) is 2.87. The second kappa shape index (κ2) is 5.37. The van der Waals surface area contributed by atoms with Crippen LogP contribution in [0.1, 0.15) is 39.5 Å². The highest BCUT2D eigenvalue weighted by atomic mass is 15.2. The van der Waals surface area contributed by atoms with E-state index < -0.39 is 0 Å². The van der Waals surface area contributed by atoms with Crippen LogP contribution in [-0.2, 0) is 0 Å². The van der Waals surface area contributed by atoms with E-state index >= 15 is 0 Å². The zero-order chi connectivity index (χ0) is 12.3. The summed E-state index contributed by atoms with van der Waals surface area (Å²) in [4.78, 5) is 2.57. The van der Waals surface area contributed by atoms with Crippen molar-refractivity contribution in [3.63, 3.8) is 0 Å². The molecule has 3 heteroatoms. The van der Waals surface area contributed by atoms with Gasteiger partial charge in [-0.3, -0.25) is 5.32 Å². The molecule has 3 nitrogen and oxygen atoms in total. The lowest BCUT2D eigenvalue weighted by Gasteiger charge is -2.26. The second-order valence-electron chi connectivity index (χ2n) is 5.93. The third-order valence-electron chi connectivity index (χ3n) is 4.54. The Labute approximate surface area is 105 Å². The van der Waals surface area contributed by atoms with Crippen LogP contribution in [0.4, 0.5) is 0 Å². The zero-order valence-electron chi connectivity index (χ0n) is 11.2. The summed E-state index contributed by atoms with van der Waals surface area (Å²) in [6.45, 7) is 8.58. The number of rotatable bonds is 5. The molecule has 1 aliphatic carbocycles. The Bertz CT molecular complexity index is 284. The maximum Gasteiger partial charge on any atom is 0.105 e. The van der Waals surface area contributed by atoms with Crippen molar-refractivity contribution >= 4 is 0 Å². The number of likely N-dealkylation sites (tertiary alicyclic amines) is 1. The first-order valence-electron chi connectivity index (χ1n) is 7.05. The summed E-state index contributed by atoms with van der Waals surface area (Å²) < 4.78 is 0. The molecule has 0 radical (unpaired) electrons. The van der Waals surface area contributed by atoms with Gasteiger partial charge in [-0.2, -0.15) is 5.26 Å². The third kappa shape index (κ3) is 3.00. The van der Waals surface area contributed by atoms with Crippen LogP contribution >= 0.6 is 0 Å². The van der Waals surface area contributed by atoms with Crippen molar-refractivity contribution in [1.29, 1.82) is 5.26 Å². The van der Waals surface area contributed by atoms with E-state index in [-0.39, 0.29) is 5.54 Å². The van der Waals surface area contributed by atoms with E-state index in [1.807, 2.05) is 6.92 Å². The van der Waals surface area contributed by atoms with Crippen molar-refractivity contribution in [2.75, 3.05) is 26.2 Å². The molecule has 96 valence electrons. The van der Waals surface area contributed by atoms with Crippen LogP contribution < -0.4 is 5.32 Å². The van der Waals surface area contributed by atoms with Gasteiger partial charge in [0.15, 0.2) is 0 Å². The van der Waals surface area contributed by atoms with Gasteiger partial charge in [0.25, 0.3) is 0 Å². The lowest BCUT2D eigenvalue weighted by atomic mass is 9.99. The number of nitrogens with zero attached hydrogens (tertiary/aromatic N) is 2. The average molecular weight is 235 g/mol. The molecular formula is C14H25N3. The lowest BCUT2D eigenvalue weighted by molar-refractivity contribution is 0.274. The maximum absolute atomic E-state index is 9.22. The molecule has 1 heterocycles. The molecule has 0 bridgehead atoms. The van der Waals surface area contributed by atoms with Crippen LogP contribution in [0.15, 0.2) is 0 Å². The van der Waals surface area contributed by atoms with E-state index in [0.29, 0.717) is 0 Å². The molecule has 1 N–H and O–H groups in total. The van der Waals surface area contributed by atoms with Crippen molar-refractivity contribution in [1.82, 2.24) is 10.2 Å². The van der Waals surface area contributed by atoms with Crippen LogP contribution in [0, 0.1) is 23.2 Å². The van der Waals surface area contributed by atoms with Gasteiger partial charge in [-0.25, -0.2) is 0 Å². The van der Waals surface area contributed by atoms with E-state index in [1.165, 1.54) is 32.4 Å². The Hall–Kier alpha value is -0.590. The van der Waals surface area contributed by atoms with E-state index in [1.54, 1.807) is 0 Å². The summed E-state index contributed by atoms with van der Waals surface area (Å²) in [5, 5.41) is 12.5. The fourth-order valence-electron chi connectivity index (χ4n) is 3.47. The summed E-state index contributed by atoms with van der Waals surface area (Å²) in [5.74, 6) is 1.92. The minimum absolute atomic E-state index is 0.341. The lowest BCUT2D eigenvalue weighted by Crippen LogP contribution is -2.43. The SMILES string of the molecule is CCNC(C)(C#N)CCN1CC2CCCC2C1. The number of hydrogen-bond acceptors (Lipinski definition) is 3. The molecule has 0 aromatic rings. The molecule has 17 heavy (non-hydrogen) atoms. The van der Waals surface area contributed by atoms with Crippen LogP contribution in [0.25, 0.3) is 0 Å². The van der Waals surface area contributed by atoms with Gasteiger partial charge in [-0.15, -0.1) is 0 Å². The van der Waals surface area contributed by atoms with Gasteiger partial charge >= 0.3 is 0 Å². The fourth-order valence-corrected chi connectivity index (χ4v) is 3.47. The Morgan fingerprint density at radius 1 is 1.35 bits per heavy atom. The van der Waals surface area contributed by atoms with E-state index in [9.17, 15) is 5.26 Å². The highest BCUT2D eigenvalue weighted by Crippen LogP contribution is 2.37. The van der Waals surface area contributed by atoms with E-state index in [2.05, 4.69) is 23.2 Å². The minimum atomic E-state index is -0.341. The molecule has 2 rings (SSSR count). The van der Waals surface area contributed by atoms with Crippen LogP contribution in [0.3, 0.4) is 0 Å². The molecule has 2 aliphatic rings. The first-order valence-corrected chi connectivity index (χ1v) is 7.05. The minimum Gasteiger partial charge on any atom is -0.303 e. The number of nitrogens with one attached hydrogen (secondary N) is 1. The topological polar surface area (TPSA) is 39.1 Å². The molecule has 1 saturated heterocycles. The fraction of sp³-hybridized carbons (Fsp3) is 0.929. The van der Waals surface area contributed by atoms with Gasteiger partial charge in [0.1, 0.15) is 5.54 Å². The van der Waals surface area contributed by atoms with Crippen molar-refractivity contribution in [3.8, 4) is 6.07 Å². The van der Waals surface area contributed by atoms with E-state index in [4.69, 9.17) is 0 Å². The molecular weight excluding hydrogens is 210 g/mol. The predicted octanol–water partition coefficient (Wildman–Crippen LogP) is 2.00. The molecule has 2 fully saturated rings. The summed E-state index contributed by atoms with van der Waals surface area (Å²) in [6, 6.07) is 2.42. The standard InChI is InChI=1S/C14H25N3/c1-3-16-14(2,11-15)7-8-17-9-12-5-4-6-13(12)10-17/h12-13,16H,3-10H2,1-2H3. The first kappa shape index (κ1) is 12.9. The number of hydrogen-bond donors (Lipinski definition) is 1. The number of nitriles is 1. The molecule has 0 aromatic heterocycles. The van der Waals surface area contributed by atoms with Crippen LogP contribution in [-0.4, -0.2) is 36.6 Å². The Morgan fingerprint density at radius 2 is 2.00 bits per heavy atom. The molecule has 0 spiro atoms. The quantitative estimate of drug-likeness (QED) is 0.792. The highest BCUT2D eigenvalue weighted by Gasteiger charge is 2.36. The smallest absolute Gasteiger partial charge is 0.105 e. The second-order valence-corrected chi connectivity index (χ2v) is 5.93. The molecule has 3 atom stereocenters. The van der Waals surface area contributed by atoms with Gasteiger partial charge in [-0.1, -0.05) is 13.3 Å². The molecule has 0 aromatic carbocycles. The summed E-state index contributed by atoms with van der Waals surface area (Å²) in [7, 11) is 0. The summed E-state index contributed by atoms with van der Waals surface area (Å²) in [5.41, 5.74) is -0.341. The van der Waals surface area contributed by atoms with Crippen molar-refractivity contribution in [2.45, 2.75) is 45.1 Å². The zero-order valence-corrected chi connectivity index (χ0v) is 11.2. The van der Waals surface area contributed by atoms with Gasteiger partial charge in [-0.05, 0) is 44.6 Å². The highest BCUT2D eigenvalue weighted by molar-refractivity contribution is 5.04.